The minimum atomic E-state index is -0.933. The van der Waals surface area contributed by atoms with Crippen LogP contribution in [0.15, 0.2) is 77.0 Å². The first kappa shape index (κ1) is 42.6. The highest BCUT2D eigenvalue weighted by molar-refractivity contribution is 6.04. The average molecular weight is 796 g/mol. The minimum Gasteiger partial charge on any atom is -0.592 e. The number of ether oxygens (including phenoxy) is 2. The fraction of sp³-hybridized carbons (Fsp3) is 0.612. The van der Waals surface area contributed by atoms with E-state index in [2.05, 4.69) is 41.7 Å². The van der Waals surface area contributed by atoms with Gasteiger partial charge in [-0.3, -0.25) is 0 Å². The van der Waals surface area contributed by atoms with Gasteiger partial charge in [-0.1, -0.05) is 87.1 Å². The van der Waals surface area contributed by atoms with Crippen molar-refractivity contribution in [1.82, 2.24) is 5.32 Å². The molecule has 2 heterocycles. The number of aliphatic hydroxyl groups excluding tert-OH is 3. The number of unbranched alkanes of at least 4 members (excludes halogenated alkanes) is 2. The Morgan fingerprint density at radius 2 is 1.86 bits per heavy atom. The highest BCUT2D eigenvalue weighted by Gasteiger charge is 2.57. The number of phenols is 1. The standard InChI is InChI=1S/C49H69N3O6/c1-33(54)29-51-30-41-39-14-10-15-42(39)49(21-8-9-22-49)27-44-40(41)26-43(52-44)46(56)32-57-48-24-35(18-20-45(48)55)17-19-38-25-37(31-53)47(58-38)16-7-3-6-13-36(28-50)23-34-11-4-2-5-12-34/h2,4-5,11-12,18,20,24-26,33,36,39,41-42,46-47,51,53-56H,3,6-10,13-17,19,21-23,27-32,50H2,1H3. The van der Waals surface area contributed by atoms with E-state index in [0.29, 0.717) is 66.8 Å². The van der Waals surface area contributed by atoms with Crippen LogP contribution in [-0.2, 0) is 17.6 Å². The van der Waals surface area contributed by atoms with Gasteiger partial charge in [0, 0.05) is 25.8 Å². The predicted molar refractivity (Wildman–Crippen MR) is 230 cm³/mol. The van der Waals surface area contributed by atoms with E-state index in [9.17, 15) is 20.4 Å². The van der Waals surface area contributed by atoms with Crippen molar-refractivity contribution in [3.05, 3.63) is 95.1 Å². The Hall–Kier alpha value is -3.47. The van der Waals surface area contributed by atoms with Gasteiger partial charge in [-0.2, -0.15) is 12.0 Å². The maximum atomic E-state index is 11.5. The molecule has 7 unspecified atom stereocenters. The van der Waals surface area contributed by atoms with Crippen molar-refractivity contribution < 1.29 is 29.9 Å². The summed E-state index contributed by atoms with van der Waals surface area (Å²) in [6, 6.07) is 16.6. The summed E-state index contributed by atoms with van der Waals surface area (Å²) in [4.78, 5) is 5.13. The number of hydrogen-bond acceptors (Lipinski definition) is 9. The maximum absolute atomic E-state index is 11.5. The van der Waals surface area contributed by atoms with E-state index >= 15 is 0 Å². The summed E-state index contributed by atoms with van der Waals surface area (Å²) in [6.07, 6.45) is 20.3. The van der Waals surface area contributed by atoms with Gasteiger partial charge in [0.2, 0.25) is 0 Å². The van der Waals surface area contributed by atoms with Gasteiger partial charge in [-0.05, 0) is 111 Å². The molecule has 58 heavy (non-hydrogen) atoms. The quantitative estimate of drug-likeness (QED) is 0.0560. The number of fused-ring (bicyclic) bond motifs is 3. The van der Waals surface area contributed by atoms with Crippen molar-refractivity contribution in [2.75, 3.05) is 32.8 Å². The van der Waals surface area contributed by atoms with Gasteiger partial charge in [-0.25, -0.2) is 0 Å². The fourth-order valence-electron chi connectivity index (χ4n) is 11.0. The molecule has 316 valence electrons. The van der Waals surface area contributed by atoms with Crippen LogP contribution in [0.2, 0.25) is 0 Å². The number of rotatable bonds is 21. The molecular formula is C49H69N3O6. The molecule has 0 amide bonds. The van der Waals surface area contributed by atoms with Gasteiger partial charge in [0.15, 0.2) is 29.4 Å². The Labute approximate surface area is 347 Å². The molecular weight excluding hydrogens is 727 g/mol. The minimum absolute atomic E-state index is 0.0102. The largest absolute Gasteiger partial charge is 0.592 e. The Morgan fingerprint density at radius 3 is 2.64 bits per heavy atom. The van der Waals surface area contributed by atoms with Crippen LogP contribution >= 0.6 is 0 Å². The van der Waals surface area contributed by atoms with Crippen LogP contribution in [0.5, 0.6) is 11.5 Å². The van der Waals surface area contributed by atoms with E-state index < -0.39 is 12.2 Å². The van der Waals surface area contributed by atoms with Gasteiger partial charge >= 0.3 is 0 Å². The van der Waals surface area contributed by atoms with Crippen molar-refractivity contribution in [3.8, 4) is 11.5 Å². The van der Waals surface area contributed by atoms with Crippen LogP contribution < -0.4 is 15.8 Å². The third-order valence-electron chi connectivity index (χ3n) is 14.0. The van der Waals surface area contributed by atoms with Crippen molar-refractivity contribution >= 4 is 5.71 Å². The summed E-state index contributed by atoms with van der Waals surface area (Å²) >= 11 is 0. The maximum Gasteiger partial charge on any atom is 0.190 e. The number of hydrogen-bond donors (Lipinski definition) is 6. The lowest BCUT2D eigenvalue weighted by molar-refractivity contribution is 0.113. The Morgan fingerprint density at radius 1 is 1.03 bits per heavy atom. The summed E-state index contributed by atoms with van der Waals surface area (Å²) in [5.41, 5.74) is 11.1. The van der Waals surface area contributed by atoms with Gasteiger partial charge in [0.25, 0.3) is 0 Å². The van der Waals surface area contributed by atoms with Gasteiger partial charge in [0.05, 0.1) is 24.5 Å². The van der Waals surface area contributed by atoms with E-state index in [1.54, 1.807) is 6.07 Å². The molecule has 2 aliphatic heterocycles. The lowest BCUT2D eigenvalue weighted by atomic mass is 9.66. The van der Waals surface area contributed by atoms with Crippen LogP contribution in [0.4, 0.5) is 0 Å². The third kappa shape index (κ3) is 10.5. The molecule has 7 atom stereocenters. The zero-order valence-electron chi connectivity index (χ0n) is 34.8. The summed E-state index contributed by atoms with van der Waals surface area (Å²) < 4.78 is 12.4. The molecule has 3 saturated carbocycles. The van der Waals surface area contributed by atoms with Crippen molar-refractivity contribution in [3.63, 3.8) is 0 Å². The number of phenolic OH excluding ortho intramolecular Hbond substituents is 1. The SMILES string of the molecule is CC(O)CNCC1C2=C[C+](C(O)COc3cc(CCC4=C[C-](CO)C(CCCCCC(CN)Cc5ccccc5)O4)ccc3O)N=C2CC2(CCCC2)C2CCCC12. The van der Waals surface area contributed by atoms with Crippen LogP contribution in [0.3, 0.4) is 0 Å². The molecule has 0 radical (unpaired) electrons. The van der Waals surface area contributed by atoms with Crippen LogP contribution in [0.1, 0.15) is 108 Å². The number of aromatic hydroxyl groups is 1. The molecule has 5 aliphatic rings. The van der Waals surface area contributed by atoms with E-state index in [0.717, 1.165) is 74.4 Å². The number of aliphatic imine (C=N–C) groups is 1. The fourth-order valence-corrected chi connectivity index (χ4v) is 11.0. The predicted octanol–water partition coefficient (Wildman–Crippen LogP) is 7.56. The Kier molecular flexibility index (Phi) is 14.8. The molecule has 3 aliphatic carbocycles. The van der Waals surface area contributed by atoms with Crippen molar-refractivity contribution in [2.45, 2.75) is 128 Å². The highest BCUT2D eigenvalue weighted by Crippen LogP contribution is 2.60. The molecule has 0 aromatic heterocycles. The van der Waals surface area contributed by atoms with Crippen LogP contribution in [0, 0.1) is 41.0 Å². The van der Waals surface area contributed by atoms with Gasteiger partial charge in [0.1, 0.15) is 12.2 Å². The molecule has 7 N–H and O–H groups in total. The first-order valence-electron chi connectivity index (χ1n) is 22.5. The normalized spacial score (nSPS) is 25.1. The monoisotopic (exact) mass is 796 g/mol. The number of benzene rings is 2. The van der Waals surface area contributed by atoms with E-state index in [1.165, 1.54) is 56.1 Å². The summed E-state index contributed by atoms with van der Waals surface area (Å²) in [7, 11) is 0. The number of aryl methyl sites for hydroxylation is 1. The molecule has 2 aromatic rings. The van der Waals surface area contributed by atoms with Crippen molar-refractivity contribution in [2.24, 2.45) is 39.8 Å². The lowest BCUT2D eigenvalue weighted by Crippen LogP contribution is -2.37. The number of nitrogens with one attached hydrogen (secondary N) is 1. The summed E-state index contributed by atoms with van der Waals surface area (Å²) in [6.45, 7) is 3.87. The van der Waals surface area contributed by atoms with E-state index in [-0.39, 0.29) is 25.1 Å². The van der Waals surface area contributed by atoms with Gasteiger partial charge in [-0.15, -0.1) is 4.99 Å². The lowest BCUT2D eigenvalue weighted by Gasteiger charge is -2.37. The van der Waals surface area contributed by atoms with E-state index in [4.69, 9.17) is 20.2 Å². The molecule has 2 aromatic carbocycles. The second-order valence-electron chi connectivity index (χ2n) is 18.2. The Bertz CT molecular complexity index is 1700. The first-order chi connectivity index (χ1) is 28.2. The zero-order valence-corrected chi connectivity index (χ0v) is 34.8. The van der Waals surface area contributed by atoms with Crippen LogP contribution in [-0.4, -0.2) is 77.3 Å². The third-order valence-corrected chi connectivity index (χ3v) is 14.0. The second-order valence-corrected chi connectivity index (χ2v) is 18.2. The van der Waals surface area contributed by atoms with Crippen molar-refractivity contribution in [1.29, 1.82) is 0 Å². The topological polar surface area (TPSA) is 150 Å². The zero-order chi connectivity index (χ0) is 40.5. The average Bonchev–Trinajstić information content (AvgIpc) is 4.05. The van der Waals surface area contributed by atoms with Crippen LogP contribution in [0.25, 0.3) is 0 Å². The molecule has 9 nitrogen and oxygen atoms in total. The number of nitrogens with zero attached hydrogens (tertiary/aromatic N) is 1. The molecule has 1 spiro atoms. The van der Waals surface area contributed by atoms with Gasteiger partial charge < -0.3 is 41.0 Å². The number of aliphatic hydroxyl groups is 3. The summed E-state index contributed by atoms with van der Waals surface area (Å²) in [5, 5.41) is 45.8. The summed E-state index contributed by atoms with van der Waals surface area (Å²) in [5.74, 6) is 4.28. The molecule has 0 saturated heterocycles. The molecule has 9 heteroatoms. The second kappa shape index (κ2) is 20.2. The number of allylic oxidation sites excluding steroid dienone is 1. The molecule has 7 rings (SSSR count). The highest BCUT2D eigenvalue weighted by atomic mass is 16.5. The smallest absolute Gasteiger partial charge is 0.190 e. The molecule has 0 bridgehead atoms. The first-order valence-corrected chi connectivity index (χ1v) is 22.5. The Balaban J connectivity index is 0.896. The molecule has 3 fully saturated rings. The number of nitrogens with two attached hydrogens (primary N) is 1. The van der Waals surface area contributed by atoms with E-state index in [1.807, 2.05) is 25.1 Å².